The number of benzene rings is 2. The molecule has 0 radical (unpaired) electrons. The predicted molar refractivity (Wildman–Crippen MR) is 125 cm³/mol. The molecule has 0 aliphatic carbocycles. The second-order valence-electron chi connectivity index (χ2n) is 6.91. The van der Waals surface area contributed by atoms with Gasteiger partial charge in [0.2, 0.25) is 0 Å². The van der Waals surface area contributed by atoms with E-state index in [9.17, 15) is 10.1 Å². The third kappa shape index (κ3) is 4.05. The number of aryl methyl sites for hydroxylation is 1. The molecule has 0 saturated heterocycles. The first-order chi connectivity index (χ1) is 14.9. The fourth-order valence-corrected chi connectivity index (χ4v) is 4.05. The lowest BCUT2D eigenvalue weighted by molar-refractivity contribution is -0.118. The highest BCUT2D eigenvalue weighted by atomic mass is 35.5. The fraction of sp³-hybridized carbons (Fsp3) is 0.130. The van der Waals surface area contributed by atoms with E-state index in [1.54, 1.807) is 35.2 Å². The Morgan fingerprint density at radius 1 is 1.13 bits per heavy atom. The lowest BCUT2D eigenvalue weighted by atomic mass is 10.1. The summed E-state index contributed by atoms with van der Waals surface area (Å²) >= 11 is 16.6. The first-order valence-electron chi connectivity index (χ1n) is 9.50. The normalized spacial score (nSPS) is 16.3. The van der Waals surface area contributed by atoms with Crippen LogP contribution in [0, 0.1) is 11.3 Å². The van der Waals surface area contributed by atoms with Crippen LogP contribution < -0.4 is 10.2 Å². The number of hydrogen-bond donors (Lipinski definition) is 2. The Kier molecular flexibility index (Phi) is 6.01. The van der Waals surface area contributed by atoms with E-state index in [1.165, 1.54) is 5.56 Å². The minimum Gasteiger partial charge on any atom is -0.457 e. The van der Waals surface area contributed by atoms with Gasteiger partial charge in [-0.3, -0.25) is 4.79 Å². The quantitative estimate of drug-likeness (QED) is 0.451. The molecule has 1 unspecified atom stereocenters. The van der Waals surface area contributed by atoms with Gasteiger partial charge in [-0.05, 0) is 54.4 Å². The molecule has 1 aromatic heterocycles. The van der Waals surface area contributed by atoms with E-state index in [2.05, 4.69) is 24.9 Å². The van der Waals surface area contributed by atoms with Crippen molar-refractivity contribution in [3.63, 3.8) is 0 Å². The van der Waals surface area contributed by atoms with Gasteiger partial charge in [-0.25, -0.2) is 0 Å². The molecule has 3 aromatic rings. The van der Waals surface area contributed by atoms with Gasteiger partial charge in [0, 0.05) is 11.3 Å². The smallest absolute Gasteiger partial charge is 0.266 e. The van der Waals surface area contributed by atoms with E-state index in [0.717, 1.165) is 17.7 Å². The van der Waals surface area contributed by atoms with E-state index < -0.39 is 12.1 Å². The van der Waals surface area contributed by atoms with Crippen molar-refractivity contribution < 1.29 is 9.21 Å². The van der Waals surface area contributed by atoms with Crippen LogP contribution in [-0.2, 0) is 11.2 Å². The van der Waals surface area contributed by atoms with Crippen LogP contribution in [0.2, 0.25) is 10.0 Å². The number of thiol groups is 1. The number of carbonyl (C=O) groups is 1. The molecule has 2 heterocycles. The van der Waals surface area contributed by atoms with Crippen molar-refractivity contribution in [1.29, 1.82) is 5.26 Å². The molecule has 4 rings (SSSR count). The maximum atomic E-state index is 12.5. The summed E-state index contributed by atoms with van der Waals surface area (Å²) in [5.74, 6) is 0.545. The molecule has 1 aliphatic heterocycles. The van der Waals surface area contributed by atoms with Crippen LogP contribution in [0.25, 0.3) is 11.3 Å². The van der Waals surface area contributed by atoms with Gasteiger partial charge in [0.05, 0.1) is 15.1 Å². The van der Waals surface area contributed by atoms with E-state index in [4.69, 9.17) is 27.6 Å². The van der Waals surface area contributed by atoms with Gasteiger partial charge < -0.3 is 14.6 Å². The van der Waals surface area contributed by atoms with Crippen LogP contribution in [0.4, 0.5) is 5.69 Å². The van der Waals surface area contributed by atoms with Crippen molar-refractivity contribution in [1.82, 2.24) is 5.32 Å². The summed E-state index contributed by atoms with van der Waals surface area (Å²) in [4.78, 5) is 14.3. The highest BCUT2D eigenvalue weighted by Crippen LogP contribution is 2.38. The fourth-order valence-electron chi connectivity index (χ4n) is 3.37. The number of anilines is 1. The van der Waals surface area contributed by atoms with Crippen molar-refractivity contribution in [2.75, 3.05) is 4.90 Å². The van der Waals surface area contributed by atoms with Crippen molar-refractivity contribution in [2.45, 2.75) is 19.5 Å². The first kappa shape index (κ1) is 21.4. The maximum Gasteiger partial charge on any atom is 0.266 e. The van der Waals surface area contributed by atoms with Crippen molar-refractivity contribution in [3.8, 4) is 17.4 Å². The Balaban J connectivity index is 1.77. The molecule has 0 spiro atoms. The molecule has 8 heteroatoms. The predicted octanol–water partition coefficient (Wildman–Crippen LogP) is 6.12. The van der Waals surface area contributed by atoms with Gasteiger partial charge in [0.15, 0.2) is 6.17 Å². The molecule has 0 fully saturated rings. The van der Waals surface area contributed by atoms with E-state index in [1.807, 2.05) is 30.3 Å². The van der Waals surface area contributed by atoms with Crippen LogP contribution in [0.15, 0.2) is 69.6 Å². The third-order valence-electron chi connectivity index (χ3n) is 5.04. The van der Waals surface area contributed by atoms with Gasteiger partial charge in [-0.1, -0.05) is 42.3 Å². The summed E-state index contributed by atoms with van der Waals surface area (Å²) in [6.45, 7) is 2.07. The molecule has 1 atom stereocenters. The highest BCUT2D eigenvalue weighted by molar-refractivity contribution is 7.84. The number of amides is 1. The van der Waals surface area contributed by atoms with Gasteiger partial charge in [0.25, 0.3) is 5.91 Å². The Labute approximate surface area is 195 Å². The van der Waals surface area contributed by atoms with Crippen LogP contribution in [-0.4, -0.2) is 5.91 Å². The van der Waals surface area contributed by atoms with Crippen LogP contribution in [0.1, 0.15) is 24.4 Å². The van der Waals surface area contributed by atoms with Gasteiger partial charge in [0.1, 0.15) is 23.2 Å². The summed E-state index contributed by atoms with van der Waals surface area (Å²) in [5, 5.41) is 13.4. The van der Waals surface area contributed by atoms with Crippen molar-refractivity contribution in [3.05, 3.63) is 86.6 Å². The summed E-state index contributed by atoms with van der Waals surface area (Å²) in [6, 6.07) is 18.6. The standard InChI is InChI=1S/C23H17Cl2N3O2S/c1-2-13-3-6-15(7-4-13)28-21(27-22(29)16(12-26)23(28)31)20-10-9-19(30-20)14-5-8-17(24)18(25)11-14/h3-11,21,31H,2H2,1H3,(H,27,29). The van der Waals surface area contributed by atoms with E-state index in [-0.39, 0.29) is 10.6 Å². The molecule has 1 amide bonds. The number of halogens is 2. The molecular weight excluding hydrogens is 453 g/mol. The SMILES string of the molecule is CCc1ccc(N2C(S)=C(C#N)C(=O)NC2c2ccc(-c3ccc(Cl)c(Cl)c3)o2)cc1. The monoisotopic (exact) mass is 469 g/mol. The molecule has 31 heavy (non-hydrogen) atoms. The Hall–Kier alpha value is -2.85. The van der Waals surface area contributed by atoms with Crippen LogP contribution >= 0.6 is 35.8 Å². The zero-order valence-corrected chi connectivity index (χ0v) is 18.8. The first-order valence-corrected chi connectivity index (χ1v) is 10.7. The van der Waals surface area contributed by atoms with Gasteiger partial charge in [-0.15, -0.1) is 12.6 Å². The van der Waals surface area contributed by atoms with Crippen LogP contribution in [0.3, 0.4) is 0 Å². The average Bonchev–Trinajstić information content (AvgIpc) is 3.26. The molecule has 1 N–H and O–H groups in total. The number of hydrogen-bond acceptors (Lipinski definition) is 5. The number of furan rings is 1. The second-order valence-corrected chi connectivity index (χ2v) is 8.15. The molecule has 0 bridgehead atoms. The Bertz CT molecular complexity index is 1230. The Morgan fingerprint density at radius 2 is 1.87 bits per heavy atom. The second kappa shape index (κ2) is 8.72. The molecule has 2 aromatic carbocycles. The van der Waals surface area contributed by atoms with Gasteiger partial charge in [-0.2, -0.15) is 5.26 Å². The highest BCUT2D eigenvalue weighted by Gasteiger charge is 2.35. The summed E-state index contributed by atoms with van der Waals surface area (Å²) in [7, 11) is 0. The zero-order valence-electron chi connectivity index (χ0n) is 16.4. The summed E-state index contributed by atoms with van der Waals surface area (Å²) < 4.78 is 6.07. The molecule has 1 aliphatic rings. The van der Waals surface area contributed by atoms with Gasteiger partial charge >= 0.3 is 0 Å². The average molecular weight is 470 g/mol. The van der Waals surface area contributed by atoms with Crippen LogP contribution in [0.5, 0.6) is 0 Å². The van der Waals surface area contributed by atoms with Crippen molar-refractivity contribution in [2.24, 2.45) is 0 Å². The molecular formula is C23H17Cl2N3O2S. The third-order valence-corrected chi connectivity index (χ3v) is 6.22. The number of nitrogens with zero attached hydrogens (tertiary/aromatic N) is 2. The lowest BCUT2D eigenvalue weighted by Crippen LogP contribution is -2.45. The number of nitrogens with one attached hydrogen (secondary N) is 1. The summed E-state index contributed by atoms with van der Waals surface area (Å²) in [5.41, 5.74) is 2.63. The number of carbonyl (C=O) groups excluding carboxylic acids is 1. The van der Waals surface area contributed by atoms with E-state index >= 15 is 0 Å². The molecule has 5 nitrogen and oxygen atoms in total. The van der Waals surface area contributed by atoms with E-state index in [0.29, 0.717) is 21.6 Å². The topological polar surface area (TPSA) is 69.3 Å². The Morgan fingerprint density at radius 3 is 2.52 bits per heavy atom. The minimum atomic E-state index is -0.680. The summed E-state index contributed by atoms with van der Waals surface area (Å²) in [6.07, 6.45) is 0.222. The molecule has 0 saturated carbocycles. The number of nitriles is 1. The minimum absolute atomic E-state index is 0.0598. The maximum absolute atomic E-state index is 12.5. The largest absolute Gasteiger partial charge is 0.457 e. The lowest BCUT2D eigenvalue weighted by Gasteiger charge is -2.36. The molecule has 156 valence electrons. The van der Waals surface area contributed by atoms with Crippen molar-refractivity contribution >= 4 is 47.4 Å². The number of rotatable bonds is 4. The zero-order chi connectivity index (χ0) is 22.1.